The summed E-state index contributed by atoms with van der Waals surface area (Å²) in [4.78, 5) is 0. The molecular weight excluding hydrogens is 517 g/mol. The van der Waals surface area contributed by atoms with E-state index in [-0.39, 0.29) is 12.0 Å². The first-order valence-electron chi connectivity index (χ1n) is 8.90. The van der Waals surface area contributed by atoms with Gasteiger partial charge in [0.2, 0.25) is 0 Å². The maximum atomic E-state index is 14.2. The Morgan fingerprint density at radius 1 is 0.618 bits per heavy atom. The van der Waals surface area contributed by atoms with Crippen LogP contribution in [0, 0.1) is 0 Å². The summed E-state index contributed by atoms with van der Waals surface area (Å²) in [5.74, 6) is -47.0. The zero-order valence-electron chi connectivity index (χ0n) is 16.8. The molecule has 1 aromatic rings. The zero-order valence-corrected chi connectivity index (χ0v) is 16.8. The second-order valence-corrected chi connectivity index (χ2v) is 7.54. The molecule has 0 aliphatic rings. The van der Waals surface area contributed by atoms with Crippen molar-refractivity contribution in [2.45, 2.75) is 74.0 Å². The van der Waals surface area contributed by atoms with Gasteiger partial charge >= 0.3 is 41.7 Å². The number of benzene rings is 1. The van der Waals surface area contributed by atoms with Crippen LogP contribution in [0.15, 0.2) is 24.3 Å². The van der Waals surface area contributed by atoms with E-state index in [4.69, 9.17) is 0 Å². The minimum atomic E-state index is -8.35. The van der Waals surface area contributed by atoms with Gasteiger partial charge in [0.15, 0.2) is 0 Å². The van der Waals surface area contributed by atoms with E-state index in [1.165, 1.54) is 19.1 Å². The molecule has 0 saturated heterocycles. The van der Waals surface area contributed by atoms with Crippen molar-refractivity contribution in [3.8, 4) is 0 Å². The molecule has 0 aliphatic heterocycles. The van der Waals surface area contributed by atoms with Gasteiger partial charge in [-0.25, -0.2) is 0 Å². The number of aliphatic hydroxyl groups is 1. The van der Waals surface area contributed by atoms with Gasteiger partial charge in [0.05, 0.1) is 12.0 Å². The number of aryl methyl sites for hydroxylation is 1. The molecule has 0 amide bonds. The topological polar surface area (TPSA) is 20.2 Å². The van der Waals surface area contributed by atoms with Gasteiger partial charge in [0, 0.05) is 0 Å². The quantitative estimate of drug-likeness (QED) is 0.333. The Bertz CT molecular complexity index is 870. The average molecular weight is 532 g/mol. The van der Waals surface area contributed by atoms with Crippen LogP contribution in [0.1, 0.15) is 31.4 Å². The zero-order chi connectivity index (χ0) is 27.4. The highest BCUT2D eigenvalue weighted by molar-refractivity contribution is 5.32. The Morgan fingerprint density at radius 2 is 1.00 bits per heavy atom. The van der Waals surface area contributed by atoms with E-state index in [0.29, 0.717) is 6.92 Å². The Morgan fingerprint density at radius 3 is 1.41 bits per heavy atom. The number of hydrogen-bond acceptors (Lipinski definition) is 1. The van der Waals surface area contributed by atoms with Gasteiger partial charge in [-0.1, -0.05) is 31.2 Å². The fourth-order valence-electron chi connectivity index (χ4n) is 2.99. The standard InChI is InChI=1S/C18H15F15O/c1-3-9-6-4-5-7-10(9)11(2,34)8-12(19,20)13(21,22)14(23,24)15(25,26)16(27,28)17(29,30)18(31,32)33/h4-7,34H,3,8H2,1-2H3. The van der Waals surface area contributed by atoms with Gasteiger partial charge < -0.3 is 5.11 Å². The molecule has 198 valence electrons. The molecule has 0 spiro atoms. The van der Waals surface area contributed by atoms with Gasteiger partial charge in [0.1, 0.15) is 0 Å². The molecule has 0 aromatic heterocycles. The molecule has 0 heterocycles. The van der Waals surface area contributed by atoms with Crippen LogP contribution >= 0.6 is 0 Å². The molecule has 0 bridgehead atoms. The number of halogens is 15. The van der Waals surface area contributed by atoms with Gasteiger partial charge in [-0.2, -0.15) is 65.9 Å². The summed E-state index contributed by atoms with van der Waals surface area (Å²) in [7, 11) is 0. The van der Waals surface area contributed by atoms with Crippen molar-refractivity contribution in [1.82, 2.24) is 0 Å². The van der Waals surface area contributed by atoms with Crippen molar-refractivity contribution in [2.24, 2.45) is 0 Å². The van der Waals surface area contributed by atoms with Crippen molar-refractivity contribution in [2.75, 3.05) is 0 Å². The minimum absolute atomic E-state index is 0.0138. The van der Waals surface area contributed by atoms with Crippen molar-refractivity contribution < 1.29 is 71.0 Å². The highest BCUT2D eigenvalue weighted by Gasteiger charge is 2.93. The molecule has 1 rings (SSSR count). The average Bonchev–Trinajstić information content (AvgIpc) is 2.65. The third-order valence-electron chi connectivity index (χ3n) is 4.94. The Labute approximate surface area is 181 Å². The van der Waals surface area contributed by atoms with E-state index in [2.05, 4.69) is 0 Å². The molecule has 34 heavy (non-hydrogen) atoms. The first-order chi connectivity index (χ1) is 14.8. The summed E-state index contributed by atoms with van der Waals surface area (Å²) in [5, 5.41) is 10.2. The third kappa shape index (κ3) is 4.30. The van der Waals surface area contributed by atoms with Gasteiger partial charge in [-0.3, -0.25) is 0 Å². The first-order valence-corrected chi connectivity index (χ1v) is 8.90. The molecule has 0 aliphatic carbocycles. The van der Waals surface area contributed by atoms with E-state index < -0.39 is 59.3 Å². The monoisotopic (exact) mass is 532 g/mol. The molecule has 0 fully saturated rings. The molecule has 1 atom stereocenters. The summed E-state index contributed by atoms with van der Waals surface area (Å²) in [6, 6.07) is 4.38. The Kier molecular flexibility index (Phi) is 7.42. The van der Waals surface area contributed by atoms with Crippen LogP contribution in [0.25, 0.3) is 0 Å². The summed E-state index contributed by atoms with van der Waals surface area (Å²) in [5.41, 5.74) is -3.80. The van der Waals surface area contributed by atoms with Crippen molar-refractivity contribution in [3.63, 3.8) is 0 Å². The van der Waals surface area contributed by atoms with E-state index in [1.807, 2.05) is 0 Å². The molecule has 1 unspecified atom stereocenters. The first kappa shape index (κ1) is 30.2. The fourth-order valence-corrected chi connectivity index (χ4v) is 2.99. The van der Waals surface area contributed by atoms with Crippen LogP contribution in [0.2, 0.25) is 0 Å². The Balaban J connectivity index is 3.57. The number of hydrogen-bond donors (Lipinski definition) is 1. The lowest BCUT2D eigenvalue weighted by atomic mass is 9.82. The summed E-state index contributed by atoms with van der Waals surface area (Å²) < 4.78 is 199. The molecule has 0 radical (unpaired) electrons. The SMILES string of the molecule is CCc1ccccc1C(C)(O)CC(F)(F)C(F)(F)C(F)(F)C(F)(F)C(F)(F)C(F)(F)C(F)(F)F. The lowest BCUT2D eigenvalue weighted by Crippen LogP contribution is -2.72. The lowest BCUT2D eigenvalue weighted by Gasteiger charge is -2.42. The van der Waals surface area contributed by atoms with E-state index in [0.717, 1.165) is 12.1 Å². The van der Waals surface area contributed by atoms with Gasteiger partial charge in [-0.05, 0) is 24.5 Å². The van der Waals surface area contributed by atoms with Crippen molar-refractivity contribution in [1.29, 1.82) is 0 Å². The number of rotatable bonds is 9. The fraction of sp³-hybridized carbons (Fsp3) is 0.667. The third-order valence-corrected chi connectivity index (χ3v) is 4.94. The molecule has 1 nitrogen and oxygen atoms in total. The normalized spacial score (nSPS) is 17.0. The molecule has 16 heteroatoms. The van der Waals surface area contributed by atoms with E-state index in [9.17, 15) is 71.0 Å². The lowest BCUT2D eigenvalue weighted by molar-refractivity contribution is -0.453. The molecular formula is C18H15F15O. The van der Waals surface area contributed by atoms with E-state index >= 15 is 0 Å². The summed E-state index contributed by atoms with van der Waals surface area (Å²) in [6.07, 6.45) is -10.5. The van der Waals surface area contributed by atoms with Crippen LogP contribution in [0.5, 0.6) is 0 Å². The summed E-state index contributed by atoms with van der Waals surface area (Å²) in [6.45, 7) is 1.73. The predicted octanol–water partition coefficient (Wildman–Crippen LogP) is 7.22. The molecule has 1 N–H and O–H groups in total. The van der Waals surface area contributed by atoms with Crippen LogP contribution in [0.4, 0.5) is 65.9 Å². The van der Waals surface area contributed by atoms with Crippen LogP contribution in [0.3, 0.4) is 0 Å². The Hall–Kier alpha value is -1.87. The highest BCUT2D eigenvalue weighted by Crippen LogP contribution is 2.63. The maximum Gasteiger partial charge on any atom is 0.460 e. The minimum Gasteiger partial charge on any atom is -0.385 e. The second-order valence-electron chi connectivity index (χ2n) is 7.54. The smallest absolute Gasteiger partial charge is 0.385 e. The van der Waals surface area contributed by atoms with Crippen LogP contribution in [-0.4, -0.2) is 46.8 Å². The van der Waals surface area contributed by atoms with Crippen LogP contribution < -0.4 is 0 Å². The van der Waals surface area contributed by atoms with Crippen molar-refractivity contribution in [3.05, 3.63) is 35.4 Å². The van der Waals surface area contributed by atoms with E-state index in [1.54, 1.807) is 0 Å². The largest absolute Gasteiger partial charge is 0.460 e. The summed E-state index contributed by atoms with van der Waals surface area (Å²) >= 11 is 0. The van der Waals surface area contributed by atoms with Gasteiger partial charge in [0.25, 0.3) is 0 Å². The highest BCUT2D eigenvalue weighted by atomic mass is 19.4. The van der Waals surface area contributed by atoms with Gasteiger partial charge in [-0.15, -0.1) is 0 Å². The molecule has 1 aromatic carbocycles. The second kappa shape index (κ2) is 8.36. The maximum absolute atomic E-state index is 14.2. The predicted molar refractivity (Wildman–Crippen MR) is 85.7 cm³/mol. The number of alkyl halides is 15. The van der Waals surface area contributed by atoms with Crippen molar-refractivity contribution >= 4 is 0 Å². The molecule has 0 saturated carbocycles. The van der Waals surface area contributed by atoms with Crippen LogP contribution in [-0.2, 0) is 12.0 Å².